The first-order valence-corrected chi connectivity index (χ1v) is 5.71. The maximum Gasteiger partial charge on any atom is 0.255 e. The predicted molar refractivity (Wildman–Crippen MR) is 71.8 cm³/mol. The van der Waals surface area contributed by atoms with Gasteiger partial charge < -0.3 is 21.3 Å². The van der Waals surface area contributed by atoms with Crippen LogP contribution in [-0.2, 0) is 6.54 Å². The molecule has 0 aromatic heterocycles. The van der Waals surface area contributed by atoms with Crippen LogP contribution in [0.2, 0.25) is 0 Å². The third kappa shape index (κ3) is 3.16. The predicted octanol–water partition coefficient (Wildman–Crippen LogP) is 1.61. The van der Waals surface area contributed by atoms with Gasteiger partial charge in [-0.25, -0.2) is 0 Å². The average Bonchev–Trinajstić information content (AvgIpc) is 2.37. The lowest BCUT2D eigenvalue weighted by Crippen LogP contribution is -2.22. The van der Waals surface area contributed by atoms with E-state index in [1.165, 1.54) is 12.1 Å². The summed E-state index contributed by atoms with van der Waals surface area (Å²) < 4.78 is 0. The van der Waals surface area contributed by atoms with Gasteiger partial charge in [-0.15, -0.1) is 0 Å². The summed E-state index contributed by atoms with van der Waals surface area (Å²) in [4.78, 5) is 11.8. The number of nitrogens with two attached hydrogens (primary N) is 1. The molecule has 0 spiro atoms. The molecule has 0 radical (unpaired) electrons. The zero-order valence-electron chi connectivity index (χ0n) is 10.1. The second-order valence-electron chi connectivity index (χ2n) is 4.13. The third-order valence-electron chi connectivity index (χ3n) is 2.66. The fourth-order valence-electron chi connectivity index (χ4n) is 1.63. The molecule has 0 atom stereocenters. The zero-order chi connectivity index (χ0) is 13.8. The maximum atomic E-state index is 11.8. The Morgan fingerprint density at radius 1 is 1.11 bits per heavy atom. The molecule has 0 saturated heterocycles. The van der Waals surface area contributed by atoms with Crippen LogP contribution in [0.4, 0.5) is 5.69 Å². The molecule has 1 amide bonds. The van der Waals surface area contributed by atoms with Crippen LogP contribution in [0.5, 0.6) is 11.5 Å². The molecular weight excluding hydrogens is 244 g/mol. The molecule has 0 fully saturated rings. The number of phenolic OH excluding ortho intramolecular Hbond substituents is 2. The summed E-state index contributed by atoms with van der Waals surface area (Å²) in [7, 11) is 0. The highest BCUT2D eigenvalue weighted by Gasteiger charge is 2.11. The van der Waals surface area contributed by atoms with Gasteiger partial charge in [0, 0.05) is 18.3 Å². The Morgan fingerprint density at radius 2 is 1.79 bits per heavy atom. The van der Waals surface area contributed by atoms with Crippen molar-refractivity contribution in [2.75, 3.05) is 5.73 Å². The Bertz CT molecular complexity index is 594. The standard InChI is InChI=1S/C14H14N2O3/c15-10-3-1-9(2-4-10)8-16-14(19)12-6-5-11(17)7-13(12)18/h1-7,17-18H,8,15H2,(H,16,19). The molecule has 98 valence electrons. The van der Waals surface area contributed by atoms with Crippen molar-refractivity contribution in [3.05, 3.63) is 53.6 Å². The van der Waals surface area contributed by atoms with Crippen molar-refractivity contribution in [3.63, 3.8) is 0 Å². The fourth-order valence-corrected chi connectivity index (χ4v) is 1.63. The van der Waals surface area contributed by atoms with E-state index in [1.807, 2.05) is 12.1 Å². The molecule has 2 aromatic carbocycles. The van der Waals surface area contributed by atoms with E-state index in [2.05, 4.69) is 5.32 Å². The molecule has 2 rings (SSSR count). The van der Waals surface area contributed by atoms with E-state index in [-0.39, 0.29) is 17.1 Å². The molecule has 19 heavy (non-hydrogen) atoms. The summed E-state index contributed by atoms with van der Waals surface area (Å²) in [5.74, 6) is -0.753. The summed E-state index contributed by atoms with van der Waals surface area (Å²) in [6.07, 6.45) is 0. The number of benzene rings is 2. The molecule has 0 aliphatic carbocycles. The van der Waals surface area contributed by atoms with E-state index in [1.54, 1.807) is 12.1 Å². The number of phenols is 2. The van der Waals surface area contributed by atoms with Crippen molar-refractivity contribution in [3.8, 4) is 11.5 Å². The fraction of sp³-hybridized carbons (Fsp3) is 0.0714. The molecule has 0 aliphatic rings. The van der Waals surface area contributed by atoms with Gasteiger partial charge in [0.05, 0.1) is 5.56 Å². The smallest absolute Gasteiger partial charge is 0.255 e. The molecule has 5 N–H and O–H groups in total. The first-order valence-electron chi connectivity index (χ1n) is 5.71. The third-order valence-corrected chi connectivity index (χ3v) is 2.66. The number of amides is 1. The average molecular weight is 258 g/mol. The Morgan fingerprint density at radius 3 is 2.42 bits per heavy atom. The first-order chi connectivity index (χ1) is 9.06. The quantitative estimate of drug-likeness (QED) is 0.629. The van der Waals surface area contributed by atoms with Gasteiger partial charge in [-0.2, -0.15) is 0 Å². The normalized spacial score (nSPS) is 10.1. The van der Waals surface area contributed by atoms with Crippen molar-refractivity contribution < 1.29 is 15.0 Å². The lowest BCUT2D eigenvalue weighted by molar-refractivity contribution is 0.0948. The van der Waals surface area contributed by atoms with Crippen LogP contribution in [0.25, 0.3) is 0 Å². The van der Waals surface area contributed by atoms with E-state index in [9.17, 15) is 9.90 Å². The highest BCUT2D eigenvalue weighted by atomic mass is 16.3. The number of carbonyl (C=O) groups is 1. The molecule has 0 bridgehead atoms. The minimum absolute atomic E-state index is 0.0902. The van der Waals surface area contributed by atoms with Crippen LogP contribution in [0.3, 0.4) is 0 Å². The second kappa shape index (κ2) is 5.30. The number of hydrogen-bond donors (Lipinski definition) is 4. The molecule has 0 saturated carbocycles. The van der Waals surface area contributed by atoms with Crippen LogP contribution in [0, 0.1) is 0 Å². The van der Waals surface area contributed by atoms with Gasteiger partial charge in [-0.1, -0.05) is 12.1 Å². The molecule has 5 heteroatoms. The van der Waals surface area contributed by atoms with Gasteiger partial charge in [-0.05, 0) is 29.8 Å². The summed E-state index contributed by atoms with van der Waals surface area (Å²) >= 11 is 0. The van der Waals surface area contributed by atoms with E-state index < -0.39 is 5.91 Å². The van der Waals surface area contributed by atoms with Crippen LogP contribution >= 0.6 is 0 Å². The van der Waals surface area contributed by atoms with Crippen molar-refractivity contribution in [2.45, 2.75) is 6.54 Å². The number of hydrogen-bond acceptors (Lipinski definition) is 4. The largest absolute Gasteiger partial charge is 0.508 e. The van der Waals surface area contributed by atoms with Gasteiger partial charge >= 0.3 is 0 Å². The Hall–Kier alpha value is -2.69. The van der Waals surface area contributed by atoms with E-state index in [0.29, 0.717) is 12.2 Å². The zero-order valence-corrected chi connectivity index (χ0v) is 10.1. The molecular formula is C14H14N2O3. The van der Waals surface area contributed by atoms with E-state index in [0.717, 1.165) is 11.6 Å². The monoisotopic (exact) mass is 258 g/mol. The van der Waals surface area contributed by atoms with Gasteiger partial charge in [0.15, 0.2) is 0 Å². The lowest BCUT2D eigenvalue weighted by atomic mass is 10.1. The van der Waals surface area contributed by atoms with Gasteiger partial charge in [0.2, 0.25) is 0 Å². The summed E-state index contributed by atoms with van der Waals surface area (Å²) in [5, 5.41) is 21.4. The van der Waals surface area contributed by atoms with Crippen molar-refractivity contribution in [2.24, 2.45) is 0 Å². The molecule has 0 heterocycles. The van der Waals surface area contributed by atoms with E-state index in [4.69, 9.17) is 10.8 Å². The topological polar surface area (TPSA) is 95.6 Å². The van der Waals surface area contributed by atoms with Crippen LogP contribution in [0.1, 0.15) is 15.9 Å². The number of nitrogen functional groups attached to an aromatic ring is 1. The van der Waals surface area contributed by atoms with Crippen LogP contribution in [-0.4, -0.2) is 16.1 Å². The lowest BCUT2D eigenvalue weighted by Gasteiger charge is -2.07. The van der Waals surface area contributed by atoms with Gasteiger partial charge in [-0.3, -0.25) is 4.79 Å². The highest BCUT2D eigenvalue weighted by Crippen LogP contribution is 2.22. The Balaban J connectivity index is 2.03. The minimum atomic E-state index is -0.408. The molecule has 0 unspecified atom stereocenters. The van der Waals surface area contributed by atoms with Gasteiger partial charge in [0.1, 0.15) is 11.5 Å². The van der Waals surface area contributed by atoms with Crippen LogP contribution < -0.4 is 11.1 Å². The summed E-state index contributed by atoms with van der Waals surface area (Å²) in [6, 6.07) is 11.0. The number of rotatable bonds is 3. The van der Waals surface area contributed by atoms with Gasteiger partial charge in [0.25, 0.3) is 5.91 Å². The Labute approximate surface area is 110 Å². The second-order valence-corrected chi connectivity index (χ2v) is 4.13. The number of nitrogens with one attached hydrogen (secondary N) is 1. The minimum Gasteiger partial charge on any atom is -0.508 e. The number of aromatic hydroxyl groups is 2. The van der Waals surface area contributed by atoms with Crippen LogP contribution in [0.15, 0.2) is 42.5 Å². The van der Waals surface area contributed by atoms with Crippen molar-refractivity contribution >= 4 is 11.6 Å². The highest BCUT2D eigenvalue weighted by molar-refractivity contribution is 5.96. The SMILES string of the molecule is Nc1ccc(CNC(=O)c2ccc(O)cc2O)cc1. The van der Waals surface area contributed by atoms with E-state index >= 15 is 0 Å². The molecule has 0 aliphatic heterocycles. The summed E-state index contributed by atoms with van der Waals surface area (Å²) in [5.41, 5.74) is 7.24. The Kier molecular flexibility index (Phi) is 3.56. The number of anilines is 1. The molecule has 5 nitrogen and oxygen atoms in total. The number of carbonyl (C=O) groups excluding carboxylic acids is 1. The van der Waals surface area contributed by atoms with Crippen molar-refractivity contribution in [1.29, 1.82) is 0 Å². The van der Waals surface area contributed by atoms with Crippen molar-refractivity contribution in [1.82, 2.24) is 5.32 Å². The molecule has 2 aromatic rings. The maximum absolute atomic E-state index is 11.8. The summed E-state index contributed by atoms with van der Waals surface area (Å²) in [6.45, 7) is 0.333. The first kappa shape index (κ1) is 12.8.